The zero-order valence-electron chi connectivity index (χ0n) is 16.2. The third-order valence-electron chi connectivity index (χ3n) is 4.31. The molecule has 1 amide bonds. The molecule has 0 radical (unpaired) electrons. The molecule has 29 heavy (non-hydrogen) atoms. The van der Waals surface area contributed by atoms with Crippen molar-refractivity contribution >= 4 is 15.9 Å². The smallest absolute Gasteiger partial charge is 0.248 e. The van der Waals surface area contributed by atoms with Crippen molar-refractivity contribution in [2.75, 3.05) is 6.54 Å². The summed E-state index contributed by atoms with van der Waals surface area (Å²) in [5, 5.41) is 0. The standard InChI is InChI=1S/C22H23N3O3S/c1-18-10-12-19(13-11-18)17-25-16-6-5-9-21(25)24-22(26)14-15-23-29(27,28)20-7-3-2-4-8-20/h2-13,16,23H,14-15,17H2,1H3. The van der Waals surface area contributed by atoms with Crippen LogP contribution in [0.4, 0.5) is 0 Å². The van der Waals surface area contributed by atoms with Gasteiger partial charge in [-0.25, -0.2) is 13.1 Å². The number of pyridine rings is 1. The Kier molecular flexibility index (Phi) is 6.74. The minimum absolute atomic E-state index is 0.00957. The van der Waals surface area contributed by atoms with Crippen molar-refractivity contribution in [2.45, 2.75) is 24.8 Å². The van der Waals surface area contributed by atoms with Gasteiger partial charge in [0.15, 0.2) is 0 Å². The lowest BCUT2D eigenvalue weighted by Crippen LogP contribution is -2.27. The van der Waals surface area contributed by atoms with E-state index in [2.05, 4.69) is 9.71 Å². The van der Waals surface area contributed by atoms with Gasteiger partial charge < -0.3 is 4.57 Å². The predicted octanol–water partition coefficient (Wildman–Crippen LogP) is 2.64. The maximum atomic E-state index is 12.3. The van der Waals surface area contributed by atoms with Gasteiger partial charge in [0.25, 0.3) is 0 Å². The molecule has 0 spiro atoms. The quantitative estimate of drug-likeness (QED) is 0.651. The first-order valence-corrected chi connectivity index (χ1v) is 10.8. The summed E-state index contributed by atoms with van der Waals surface area (Å²) in [5.41, 5.74) is 2.82. The van der Waals surface area contributed by atoms with E-state index >= 15 is 0 Å². The third-order valence-corrected chi connectivity index (χ3v) is 5.79. The number of aromatic nitrogens is 1. The average Bonchev–Trinajstić information content (AvgIpc) is 2.72. The Labute approximate surface area is 170 Å². The van der Waals surface area contributed by atoms with Gasteiger partial charge in [-0.05, 0) is 36.8 Å². The molecular weight excluding hydrogens is 386 g/mol. The minimum Gasteiger partial charge on any atom is -0.329 e. The number of hydrogen-bond donors (Lipinski definition) is 1. The zero-order valence-corrected chi connectivity index (χ0v) is 17.0. The molecular formula is C22H23N3O3S. The van der Waals surface area contributed by atoms with E-state index in [4.69, 9.17) is 0 Å². The number of aryl methyl sites for hydroxylation is 1. The summed E-state index contributed by atoms with van der Waals surface area (Å²) >= 11 is 0. The van der Waals surface area contributed by atoms with Gasteiger partial charge in [-0.1, -0.05) is 54.1 Å². The van der Waals surface area contributed by atoms with Crippen LogP contribution in [0.25, 0.3) is 0 Å². The Morgan fingerprint density at radius 1 is 0.966 bits per heavy atom. The molecule has 0 fully saturated rings. The second kappa shape index (κ2) is 9.45. The average molecular weight is 410 g/mol. The van der Waals surface area contributed by atoms with Crippen molar-refractivity contribution in [1.82, 2.24) is 9.29 Å². The number of rotatable bonds is 7. The van der Waals surface area contributed by atoms with Crippen LogP contribution in [0.2, 0.25) is 0 Å². The van der Waals surface area contributed by atoms with Gasteiger partial charge >= 0.3 is 0 Å². The van der Waals surface area contributed by atoms with Crippen LogP contribution in [0.15, 0.2) is 88.9 Å². The number of carbonyl (C=O) groups excluding carboxylic acids is 1. The van der Waals surface area contributed by atoms with Gasteiger partial charge in [0, 0.05) is 25.7 Å². The Hall–Kier alpha value is -3.03. The molecule has 0 unspecified atom stereocenters. The number of carbonyl (C=O) groups is 1. The van der Waals surface area contributed by atoms with Crippen LogP contribution in [0.5, 0.6) is 0 Å². The van der Waals surface area contributed by atoms with Crippen LogP contribution >= 0.6 is 0 Å². The highest BCUT2D eigenvalue weighted by molar-refractivity contribution is 7.89. The second-order valence-corrected chi connectivity index (χ2v) is 8.41. The molecule has 3 aromatic rings. The van der Waals surface area contributed by atoms with Crippen LogP contribution in [0.3, 0.4) is 0 Å². The minimum atomic E-state index is -3.63. The molecule has 0 saturated carbocycles. The van der Waals surface area contributed by atoms with E-state index in [0.717, 1.165) is 5.56 Å². The van der Waals surface area contributed by atoms with Gasteiger partial charge in [-0.15, -0.1) is 0 Å². The SMILES string of the molecule is Cc1ccc(Cn2ccccc2=NC(=O)CCNS(=O)(=O)c2ccccc2)cc1. The van der Waals surface area contributed by atoms with Crippen molar-refractivity contribution in [2.24, 2.45) is 4.99 Å². The first-order valence-electron chi connectivity index (χ1n) is 9.27. The molecule has 0 aliphatic heterocycles. The summed E-state index contributed by atoms with van der Waals surface area (Å²) < 4.78 is 28.7. The molecule has 7 heteroatoms. The molecule has 2 aromatic carbocycles. The van der Waals surface area contributed by atoms with Gasteiger partial charge in [0.1, 0.15) is 5.49 Å². The Morgan fingerprint density at radius 3 is 2.38 bits per heavy atom. The van der Waals surface area contributed by atoms with Crippen LogP contribution in [0, 0.1) is 6.92 Å². The summed E-state index contributed by atoms with van der Waals surface area (Å²) in [4.78, 5) is 16.6. The Morgan fingerprint density at radius 2 is 1.66 bits per heavy atom. The molecule has 1 heterocycles. The summed E-state index contributed by atoms with van der Waals surface area (Å²) in [7, 11) is -3.63. The van der Waals surface area contributed by atoms with E-state index < -0.39 is 10.0 Å². The highest BCUT2D eigenvalue weighted by Crippen LogP contribution is 2.07. The maximum Gasteiger partial charge on any atom is 0.248 e. The number of sulfonamides is 1. The largest absolute Gasteiger partial charge is 0.329 e. The van der Waals surface area contributed by atoms with E-state index in [1.54, 1.807) is 24.3 Å². The molecule has 0 atom stereocenters. The van der Waals surface area contributed by atoms with Crippen molar-refractivity contribution in [3.05, 3.63) is 95.6 Å². The first-order chi connectivity index (χ1) is 13.9. The molecule has 1 N–H and O–H groups in total. The zero-order chi connectivity index (χ0) is 20.7. The van der Waals surface area contributed by atoms with Gasteiger partial charge in [-0.2, -0.15) is 4.99 Å². The first kappa shape index (κ1) is 20.7. The van der Waals surface area contributed by atoms with E-state index in [1.807, 2.05) is 54.1 Å². The van der Waals surface area contributed by atoms with Crippen LogP contribution < -0.4 is 10.2 Å². The predicted molar refractivity (Wildman–Crippen MR) is 112 cm³/mol. The highest BCUT2D eigenvalue weighted by atomic mass is 32.2. The number of nitrogens with zero attached hydrogens (tertiary/aromatic N) is 2. The van der Waals surface area contributed by atoms with E-state index in [0.29, 0.717) is 12.0 Å². The molecule has 1 aromatic heterocycles. The molecule has 150 valence electrons. The van der Waals surface area contributed by atoms with Crippen molar-refractivity contribution in [3.63, 3.8) is 0 Å². The van der Waals surface area contributed by atoms with E-state index in [9.17, 15) is 13.2 Å². The molecule has 0 bridgehead atoms. The lowest BCUT2D eigenvalue weighted by atomic mass is 10.1. The van der Waals surface area contributed by atoms with E-state index in [-0.39, 0.29) is 23.8 Å². The fourth-order valence-electron chi connectivity index (χ4n) is 2.75. The van der Waals surface area contributed by atoms with Crippen LogP contribution in [0.1, 0.15) is 17.5 Å². The number of amides is 1. The monoisotopic (exact) mass is 409 g/mol. The van der Waals surface area contributed by atoms with E-state index in [1.165, 1.54) is 17.7 Å². The summed E-state index contributed by atoms with van der Waals surface area (Å²) in [6.45, 7) is 2.61. The van der Waals surface area contributed by atoms with Crippen LogP contribution in [-0.2, 0) is 21.4 Å². The molecule has 0 saturated heterocycles. The van der Waals surface area contributed by atoms with Crippen molar-refractivity contribution < 1.29 is 13.2 Å². The second-order valence-electron chi connectivity index (χ2n) is 6.64. The summed E-state index contributed by atoms with van der Waals surface area (Å²) in [5.74, 6) is -0.385. The molecule has 0 aliphatic rings. The topological polar surface area (TPSA) is 80.5 Å². The van der Waals surface area contributed by atoms with Crippen molar-refractivity contribution in [3.8, 4) is 0 Å². The third kappa shape index (κ3) is 5.97. The fourth-order valence-corrected chi connectivity index (χ4v) is 3.80. The maximum absolute atomic E-state index is 12.3. The summed E-state index contributed by atoms with van der Waals surface area (Å²) in [6, 6.07) is 21.7. The lowest BCUT2D eigenvalue weighted by Gasteiger charge is -2.08. The lowest BCUT2D eigenvalue weighted by molar-refractivity contribution is -0.117. The number of hydrogen-bond acceptors (Lipinski definition) is 3. The fraction of sp³-hybridized carbons (Fsp3) is 0.182. The Bertz CT molecular complexity index is 1140. The molecule has 6 nitrogen and oxygen atoms in total. The van der Waals surface area contributed by atoms with Gasteiger partial charge in [0.2, 0.25) is 15.9 Å². The number of benzene rings is 2. The highest BCUT2D eigenvalue weighted by Gasteiger charge is 2.13. The van der Waals surface area contributed by atoms with Crippen molar-refractivity contribution in [1.29, 1.82) is 0 Å². The molecule has 3 rings (SSSR count). The van der Waals surface area contributed by atoms with Gasteiger partial charge in [0.05, 0.1) is 4.90 Å². The summed E-state index contributed by atoms with van der Waals surface area (Å²) in [6.07, 6.45) is 1.84. The Balaban J connectivity index is 1.66. The molecule has 0 aliphatic carbocycles. The van der Waals surface area contributed by atoms with Gasteiger partial charge in [-0.3, -0.25) is 4.79 Å². The van der Waals surface area contributed by atoms with Crippen LogP contribution in [-0.4, -0.2) is 25.4 Å². The normalized spacial score (nSPS) is 12.1. The number of nitrogens with one attached hydrogen (secondary N) is 1.